The molecule has 24 heavy (non-hydrogen) atoms. The smallest absolute Gasteiger partial charge is 0.349 e. The van der Waals surface area contributed by atoms with E-state index >= 15 is 0 Å². The van der Waals surface area contributed by atoms with Crippen molar-refractivity contribution in [1.29, 1.82) is 0 Å². The molecule has 3 nitrogen and oxygen atoms in total. The number of amides is 1. The molecule has 1 rings (SSSR count). The Kier molecular flexibility index (Phi) is 7.80. The molecule has 1 aromatic rings. The van der Waals surface area contributed by atoms with Crippen molar-refractivity contribution >= 4 is 5.91 Å². The molecule has 0 spiro atoms. The summed E-state index contributed by atoms with van der Waals surface area (Å²) < 4.78 is 28.2. The summed E-state index contributed by atoms with van der Waals surface area (Å²) in [4.78, 5) is 11.6. The van der Waals surface area contributed by atoms with Crippen molar-refractivity contribution in [2.45, 2.75) is 64.9 Å². The van der Waals surface area contributed by atoms with E-state index in [1.807, 2.05) is 31.2 Å². The Hall–Kier alpha value is -1.49. The molecule has 0 saturated heterocycles. The van der Waals surface area contributed by atoms with Gasteiger partial charge in [-0.1, -0.05) is 58.4 Å². The van der Waals surface area contributed by atoms with Gasteiger partial charge in [0.15, 0.2) is 0 Å². The molecule has 0 aliphatic rings. The Labute approximate surface area is 143 Å². The maximum Gasteiger partial charge on any atom is 0.349 e. The van der Waals surface area contributed by atoms with Crippen LogP contribution >= 0.6 is 0 Å². The Bertz CT molecular complexity index is 515. The SMILES string of the molecule is CCCCNC(=O)C(F)(F)C(O)C(C)Cc1ccc(C(C)C)cc1. The Morgan fingerprint density at radius 2 is 1.79 bits per heavy atom. The van der Waals surface area contributed by atoms with Crippen LogP contribution in [0.1, 0.15) is 57.6 Å². The first-order chi connectivity index (χ1) is 11.2. The van der Waals surface area contributed by atoms with Crippen LogP contribution in [0.4, 0.5) is 8.78 Å². The maximum atomic E-state index is 14.1. The van der Waals surface area contributed by atoms with Crippen LogP contribution in [0.3, 0.4) is 0 Å². The average molecular weight is 341 g/mol. The van der Waals surface area contributed by atoms with Crippen LogP contribution in [0.5, 0.6) is 0 Å². The highest BCUT2D eigenvalue weighted by atomic mass is 19.3. The first-order valence-electron chi connectivity index (χ1n) is 8.63. The van der Waals surface area contributed by atoms with Gasteiger partial charge in [0.25, 0.3) is 5.91 Å². The average Bonchev–Trinajstić information content (AvgIpc) is 2.54. The van der Waals surface area contributed by atoms with E-state index in [9.17, 15) is 18.7 Å². The predicted molar refractivity (Wildman–Crippen MR) is 92.3 cm³/mol. The second-order valence-corrected chi connectivity index (χ2v) is 6.75. The Balaban J connectivity index is 2.67. The molecule has 0 fully saturated rings. The molecule has 1 amide bonds. The zero-order valence-corrected chi connectivity index (χ0v) is 15.0. The van der Waals surface area contributed by atoms with Gasteiger partial charge >= 0.3 is 5.92 Å². The monoisotopic (exact) mass is 341 g/mol. The number of carbonyl (C=O) groups excluding carboxylic acids is 1. The van der Waals surface area contributed by atoms with E-state index in [-0.39, 0.29) is 13.0 Å². The lowest BCUT2D eigenvalue weighted by molar-refractivity contribution is -0.169. The van der Waals surface area contributed by atoms with E-state index in [2.05, 4.69) is 19.2 Å². The van der Waals surface area contributed by atoms with Crippen LogP contribution in [-0.4, -0.2) is 29.6 Å². The lowest BCUT2D eigenvalue weighted by Gasteiger charge is -2.26. The molecule has 136 valence electrons. The van der Waals surface area contributed by atoms with Gasteiger partial charge in [0.05, 0.1) is 0 Å². The maximum absolute atomic E-state index is 14.1. The fraction of sp³-hybridized carbons (Fsp3) is 0.632. The molecule has 0 aliphatic heterocycles. The molecule has 2 N–H and O–H groups in total. The van der Waals surface area contributed by atoms with E-state index < -0.39 is 23.9 Å². The van der Waals surface area contributed by atoms with Crippen LogP contribution < -0.4 is 5.32 Å². The number of unbranched alkanes of at least 4 members (excludes halogenated alkanes) is 1. The summed E-state index contributed by atoms with van der Waals surface area (Å²) in [6.45, 7) is 7.81. The first-order valence-corrected chi connectivity index (χ1v) is 8.63. The molecule has 0 saturated carbocycles. The number of aliphatic hydroxyl groups excluding tert-OH is 1. The fourth-order valence-corrected chi connectivity index (χ4v) is 2.51. The number of halogens is 2. The highest BCUT2D eigenvalue weighted by Crippen LogP contribution is 2.27. The van der Waals surface area contributed by atoms with E-state index in [1.165, 1.54) is 12.5 Å². The highest BCUT2D eigenvalue weighted by Gasteiger charge is 2.48. The third kappa shape index (κ3) is 5.55. The third-order valence-corrected chi connectivity index (χ3v) is 4.23. The van der Waals surface area contributed by atoms with E-state index in [0.717, 1.165) is 12.0 Å². The number of hydrogen-bond acceptors (Lipinski definition) is 2. The minimum atomic E-state index is -3.79. The van der Waals surface area contributed by atoms with Crippen molar-refractivity contribution in [2.75, 3.05) is 6.54 Å². The second kappa shape index (κ2) is 9.11. The Morgan fingerprint density at radius 3 is 2.29 bits per heavy atom. The molecule has 0 bridgehead atoms. The topological polar surface area (TPSA) is 49.3 Å². The van der Waals surface area contributed by atoms with Crippen molar-refractivity contribution in [3.05, 3.63) is 35.4 Å². The van der Waals surface area contributed by atoms with Gasteiger partial charge in [0.1, 0.15) is 6.10 Å². The van der Waals surface area contributed by atoms with E-state index in [1.54, 1.807) is 0 Å². The normalized spacial score (nSPS) is 14.5. The molecule has 0 aromatic heterocycles. The molecule has 0 aliphatic carbocycles. The molecular formula is C19H29F2NO2. The van der Waals surface area contributed by atoms with E-state index in [0.29, 0.717) is 12.3 Å². The standard InChI is InChI=1S/C19H29F2NO2/c1-5-6-11-22-18(24)19(20,21)17(23)14(4)12-15-7-9-16(10-8-15)13(2)3/h7-10,13-14,17,23H,5-6,11-12H2,1-4H3,(H,22,24). The van der Waals surface area contributed by atoms with Crippen molar-refractivity contribution in [3.8, 4) is 0 Å². The number of alkyl halides is 2. The molecule has 0 radical (unpaired) electrons. The van der Waals surface area contributed by atoms with Gasteiger partial charge < -0.3 is 10.4 Å². The lowest BCUT2D eigenvalue weighted by atomic mass is 9.90. The molecule has 5 heteroatoms. The van der Waals surface area contributed by atoms with Gasteiger partial charge in [0, 0.05) is 6.54 Å². The van der Waals surface area contributed by atoms with Gasteiger partial charge in [-0.2, -0.15) is 8.78 Å². The van der Waals surface area contributed by atoms with Crippen LogP contribution in [0.2, 0.25) is 0 Å². The first kappa shape index (κ1) is 20.6. The number of nitrogens with one attached hydrogen (secondary N) is 1. The second-order valence-electron chi connectivity index (χ2n) is 6.75. The summed E-state index contributed by atoms with van der Waals surface area (Å²) in [5.41, 5.74) is 2.04. The molecule has 1 aromatic carbocycles. The van der Waals surface area contributed by atoms with Gasteiger partial charge in [-0.3, -0.25) is 4.79 Å². The molecular weight excluding hydrogens is 312 g/mol. The van der Waals surface area contributed by atoms with Gasteiger partial charge in [-0.25, -0.2) is 0 Å². The number of hydrogen-bond donors (Lipinski definition) is 2. The summed E-state index contributed by atoms with van der Waals surface area (Å²) in [6.07, 6.45) is -0.284. The van der Waals surface area contributed by atoms with Gasteiger partial charge in [-0.05, 0) is 35.8 Å². The lowest BCUT2D eigenvalue weighted by Crippen LogP contribution is -2.51. The molecule has 2 unspecified atom stereocenters. The zero-order valence-electron chi connectivity index (χ0n) is 15.0. The number of benzene rings is 1. The van der Waals surface area contributed by atoms with Crippen molar-refractivity contribution in [1.82, 2.24) is 5.32 Å². The Morgan fingerprint density at radius 1 is 1.21 bits per heavy atom. The quantitative estimate of drug-likeness (QED) is 0.669. The number of aliphatic hydroxyl groups is 1. The van der Waals surface area contributed by atoms with Crippen molar-refractivity contribution in [2.24, 2.45) is 5.92 Å². The van der Waals surface area contributed by atoms with Crippen LogP contribution in [-0.2, 0) is 11.2 Å². The zero-order chi connectivity index (χ0) is 18.3. The summed E-state index contributed by atoms with van der Waals surface area (Å²) >= 11 is 0. The third-order valence-electron chi connectivity index (χ3n) is 4.23. The molecule has 0 heterocycles. The van der Waals surface area contributed by atoms with E-state index in [4.69, 9.17) is 0 Å². The summed E-state index contributed by atoms with van der Waals surface area (Å²) in [5.74, 6) is -5.52. The van der Waals surface area contributed by atoms with Crippen LogP contribution in [0.15, 0.2) is 24.3 Å². The largest absolute Gasteiger partial charge is 0.386 e. The van der Waals surface area contributed by atoms with Crippen LogP contribution in [0.25, 0.3) is 0 Å². The van der Waals surface area contributed by atoms with Gasteiger partial charge in [-0.15, -0.1) is 0 Å². The summed E-state index contributed by atoms with van der Waals surface area (Å²) in [5, 5.41) is 12.2. The minimum absolute atomic E-state index is 0.197. The van der Waals surface area contributed by atoms with Crippen LogP contribution in [0, 0.1) is 5.92 Å². The van der Waals surface area contributed by atoms with Crippen molar-refractivity contribution in [3.63, 3.8) is 0 Å². The number of carbonyl (C=O) groups is 1. The summed E-state index contributed by atoms with van der Waals surface area (Å²) in [7, 11) is 0. The minimum Gasteiger partial charge on any atom is -0.386 e. The fourth-order valence-electron chi connectivity index (χ4n) is 2.51. The number of rotatable bonds is 9. The summed E-state index contributed by atoms with van der Waals surface area (Å²) in [6, 6.07) is 7.71. The predicted octanol–water partition coefficient (Wildman–Crippen LogP) is 3.90. The van der Waals surface area contributed by atoms with Crippen molar-refractivity contribution < 1.29 is 18.7 Å². The highest BCUT2D eigenvalue weighted by molar-refractivity contribution is 5.84. The molecule has 2 atom stereocenters. The van der Waals surface area contributed by atoms with Gasteiger partial charge in [0.2, 0.25) is 0 Å².